The second-order valence-electron chi connectivity index (χ2n) is 4.84. The predicted octanol–water partition coefficient (Wildman–Crippen LogP) is 0.672. The van der Waals surface area contributed by atoms with Crippen molar-refractivity contribution in [1.29, 1.82) is 0 Å². The van der Waals surface area contributed by atoms with Gasteiger partial charge in [0.25, 0.3) is 7.48 Å². The highest BCUT2D eigenvalue weighted by Gasteiger charge is 2.19. The zero-order valence-electron chi connectivity index (χ0n) is 12.4. The summed E-state index contributed by atoms with van der Waals surface area (Å²) in [6.07, 6.45) is 2.35. The van der Waals surface area contributed by atoms with Crippen molar-refractivity contribution in [2.75, 3.05) is 13.3 Å². The van der Waals surface area contributed by atoms with Crippen LogP contribution in [0.1, 0.15) is 25.3 Å². The Hall–Kier alpha value is -1.73. The Labute approximate surface area is 125 Å². The van der Waals surface area contributed by atoms with Crippen molar-refractivity contribution in [1.82, 2.24) is 0 Å². The van der Waals surface area contributed by atoms with Gasteiger partial charge in [-0.15, -0.1) is 0 Å². The number of benzene rings is 1. The molecule has 7 heteroatoms. The number of ether oxygens (including phenoxy) is 1. The van der Waals surface area contributed by atoms with Crippen LogP contribution in [-0.4, -0.2) is 31.8 Å². The fourth-order valence-electron chi connectivity index (χ4n) is 1.87. The van der Waals surface area contributed by atoms with E-state index in [0.29, 0.717) is 18.8 Å². The Morgan fingerprint density at radius 2 is 2.24 bits per heavy atom. The summed E-state index contributed by atoms with van der Waals surface area (Å²) < 4.78 is 10.5. The molecule has 0 spiro atoms. The van der Waals surface area contributed by atoms with Gasteiger partial charge in [-0.1, -0.05) is 19.4 Å². The van der Waals surface area contributed by atoms with Crippen molar-refractivity contribution in [2.24, 2.45) is 11.5 Å². The van der Waals surface area contributed by atoms with Crippen LogP contribution in [0.3, 0.4) is 0 Å². The van der Waals surface area contributed by atoms with E-state index in [1.807, 2.05) is 0 Å². The maximum Gasteiger partial charge on any atom is 0.289 e. The summed E-state index contributed by atoms with van der Waals surface area (Å²) in [5, 5.41) is 9.93. The molecule has 1 aromatic carbocycles. The van der Waals surface area contributed by atoms with Crippen LogP contribution in [0.5, 0.6) is 11.5 Å². The van der Waals surface area contributed by atoms with Crippen LogP contribution < -0.4 is 16.2 Å². The lowest BCUT2D eigenvalue weighted by atomic mass is 9.75. The normalized spacial score (nSPS) is 11.9. The molecule has 1 aromatic rings. The van der Waals surface area contributed by atoms with Crippen molar-refractivity contribution in [3.63, 3.8) is 0 Å². The maximum atomic E-state index is 11.4. The Morgan fingerprint density at radius 1 is 1.48 bits per heavy atom. The molecule has 0 bridgehead atoms. The first-order valence-corrected chi connectivity index (χ1v) is 7.10. The molecule has 0 saturated heterocycles. The molecule has 0 saturated carbocycles. The van der Waals surface area contributed by atoms with Crippen LogP contribution in [0.25, 0.3) is 0 Å². The number of primary amides is 1. The number of nitrogens with two attached hydrogens (primary N) is 2. The van der Waals surface area contributed by atoms with Gasteiger partial charge < -0.3 is 26.0 Å². The number of carbonyl (C=O) groups excluding carboxylic acids is 1. The van der Waals surface area contributed by atoms with Crippen molar-refractivity contribution < 1.29 is 19.3 Å². The zero-order valence-corrected chi connectivity index (χ0v) is 12.4. The average Bonchev–Trinajstić information content (AvgIpc) is 2.45. The Kier molecular flexibility index (Phi) is 7.64. The number of hydrogen-bond acceptors (Lipinski definition) is 5. The second kappa shape index (κ2) is 9.25. The number of phenols is 1. The lowest BCUT2D eigenvalue weighted by molar-refractivity contribution is -0.118. The fraction of sp³-hybridized carbons (Fsp3) is 0.500. The summed E-state index contributed by atoms with van der Waals surface area (Å²) >= 11 is 0. The van der Waals surface area contributed by atoms with Crippen LogP contribution >= 0.6 is 0 Å². The average molecular weight is 294 g/mol. The summed E-state index contributed by atoms with van der Waals surface area (Å²) in [4.78, 5) is 11.4. The van der Waals surface area contributed by atoms with Gasteiger partial charge in [0.05, 0.1) is 13.3 Å². The van der Waals surface area contributed by atoms with E-state index in [1.165, 1.54) is 0 Å². The van der Waals surface area contributed by atoms with E-state index in [9.17, 15) is 9.90 Å². The number of unbranched alkanes of at least 4 members (excludes halogenated alkanes) is 1. The number of carbonyl (C=O) groups is 1. The SMILES string of the molecule is CCCCOc1ccc(C[C@H](BOCN)C(N)=O)cc1O. The standard InChI is InChI=1S/C14H23BN2O4/c1-2-3-6-20-13-5-4-10(8-12(13)18)7-11(14(17)19)15-21-9-16/h4-5,8,11,15,18H,2-3,6-7,9,16H2,1H3,(H2,17,19)/t11-/m0/s1. The predicted molar refractivity (Wildman–Crippen MR) is 82.4 cm³/mol. The number of aromatic hydroxyl groups is 1. The number of hydrogen-bond donors (Lipinski definition) is 3. The minimum atomic E-state index is -0.472. The third kappa shape index (κ3) is 6.05. The van der Waals surface area contributed by atoms with Gasteiger partial charge in [0, 0.05) is 5.82 Å². The highest BCUT2D eigenvalue weighted by atomic mass is 16.5. The van der Waals surface area contributed by atoms with Crippen molar-refractivity contribution in [3.05, 3.63) is 23.8 Å². The van der Waals surface area contributed by atoms with E-state index >= 15 is 0 Å². The molecule has 0 aromatic heterocycles. The minimum Gasteiger partial charge on any atom is -0.504 e. The summed E-state index contributed by atoms with van der Waals surface area (Å²) in [7, 11) is 0.168. The van der Waals surface area contributed by atoms with Gasteiger partial charge in [0.15, 0.2) is 11.5 Å². The maximum absolute atomic E-state index is 11.4. The third-order valence-electron chi connectivity index (χ3n) is 3.10. The van der Waals surface area contributed by atoms with E-state index in [-0.39, 0.29) is 20.0 Å². The quantitative estimate of drug-likeness (QED) is 0.334. The second-order valence-corrected chi connectivity index (χ2v) is 4.84. The molecule has 6 nitrogen and oxygen atoms in total. The molecule has 0 unspecified atom stereocenters. The van der Waals surface area contributed by atoms with Gasteiger partial charge in [-0.25, -0.2) is 0 Å². The van der Waals surface area contributed by atoms with E-state index in [0.717, 1.165) is 18.4 Å². The molecule has 116 valence electrons. The number of rotatable bonds is 10. The summed E-state index contributed by atoms with van der Waals surface area (Å²) in [6, 6.07) is 5.08. The number of phenolic OH excluding ortho intramolecular Hbond substituents is 1. The van der Waals surface area contributed by atoms with Crippen molar-refractivity contribution in [2.45, 2.75) is 32.0 Å². The van der Waals surface area contributed by atoms with Gasteiger partial charge in [0.2, 0.25) is 5.91 Å². The van der Waals surface area contributed by atoms with Crippen LogP contribution in [0, 0.1) is 0 Å². The van der Waals surface area contributed by atoms with Crippen LogP contribution in [0.4, 0.5) is 0 Å². The fourth-order valence-corrected chi connectivity index (χ4v) is 1.87. The minimum absolute atomic E-state index is 0.0409. The van der Waals surface area contributed by atoms with Crippen molar-refractivity contribution in [3.8, 4) is 11.5 Å². The summed E-state index contributed by atoms with van der Waals surface area (Å²) in [5.41, 5.74) is 11.4. The molecule has 21 heavy (non-hydrogen) atoms. The smallest absolute Gasteiger partial charge is 0.289 e. The molecule has 1 atom stereocenters. The molecule has 0 aliphatic carbocycles. The third-order valence-corrected chi connectivity index (χ3v) is 3.10. The molecule has 0 heterocycles. The molecule has 0 radical (unpaired) electrons. The molecule has 0 fully saturated rings. The zero-order chi connectivity index (χ0) is 15.7. The van der Waals surface area contributed by atoms with Crippen LogP contribution in [0.2, 0.25) is 5.82 Å². The molecule has 5 N–H and O–H groups in total. The van der Waals surface area contributed by atoms with Crippen LogP contribution in [-0.2, 0) is 15.9 Å². The van der Waals surface area contributed by atoms with E-state index in [2.05, 4.69) is 6.92 Å². The van der Waals surface area contributed by atoms with E-state index in [1.54, 1.807) is 18.2 Å². The first kappa shape index (κ1) is 17.3. The molecular formula is C14H23BN2O4. The molecule has 1 amide bonds. The summed E-state index contributed by atoms with van der Waals surface area (Å²) in [6.45, 7) is 2.68. The summed E-state index contributed by atoms with van der Waals surface area (Å²) in [5.74, 6) is -0.418. The Bertz CT molecular complexity index is 457. The van der Waals surface area contributed by atoms with Gasteiger partial charge >= 0.3 is 0 Å². The van der Waals surface area contributed by atoms with Gasteiger partial charge in [-0.3, -0.25) is 4.79 Å². The highest BCUT2D eigenvalue weighted by molar-refractivity contribution is 6.37. The highest BCUT2D eigenvalue weighted by Crippen LogP contribution is 2.28. The Morgan fingerprint density at radius 3 is 2.81 bits per heavy atom. The molecule has 1 rings (SSSR count). The van der Waals surface area contributed by atoms with Crippen molar-refractivity contribution >= 4 is 13.4 Å². The van der Waals surface area contributed by atoms with Gasteiger partial charge in [0.1, 0.15) is 0 Å². The first-order chi connectivity index (χ1) is 10.1. The monoisotopic (exact) mass is 294 g/mol. The van der Waals surface area contributed by atoms with Gasteiger partial charge in [-0.2, -0.15) is 0 Å². The van der Waals surface area contributed by atoms with E-state index in [4.69, 9.17) is 20.9 Å². The topological polar surface area (TPSA) is 108 Å². The number of amides is 1. The Balaban J connectivity index is 2.66. The lowest BCUT2D eigenvalue weighted by Crippen LogP contribution is -2.27. The van der Waals surface area contributed by atoms with E-state index < -0.39 is 11.7 Å². The molecule has 0 aliphatic heterocycles. The van der Waals surface area contributed by atoms with Gasteiger partial charge in [-0.05, 0) is 30.5 Å². The first-order valence-electron chi connectivity index (χ1n) is 7.10. The largest absolute Gasteiger partial charge is 0.504 e. The molecule has 0 aliphatic rings. The molecular weight excluding hydrogens is 271 g/mol. The lowest BCUT2D eigenvalue weighted by Gasteiger charge is -2.13. The van der Waals surface area contributed by atoms with Crippen LogP contribution in [0.15, 0.2) is 18.2 Å².